The lowest BCUT2D eigenvalue weighted by Crippen LogP contribution is -2.52. The molecule has 3 aromatic rings. The molecule has 0 saturated carbocycles. The lowest BCUT2D eigenvalue weighted by molar-refractivity contribution is 0.194. The number of anilines is 1. The van der Waals surface area contributed by atoms with Crippen LogP contribution in [0.5, 0.6) is 0 Å². The number of urea groups is 1. The number of fused-ring (bicyclic) bond motifs is 1. The molecule has 124 valence electrons. The summed E-state index contributed by atoms with van der Waals surface area (Å²) in [6.45, 7) is 3.57. The molecule has 3 heterocycles. The standard InChI is InChI=1S/C17H19N5OS/c23-17(18-12-13-4-3-11-24-13)22-9-7-21(8-10-22)16-19-14-5-1-2-6-15(14)20-16/h1-6,11H,7-10,12H2,(H,18,23)(H,19,20). The second kappa shape index (κ2) is 6.52. The molecule has 1 saturated heterocycles. The Morgan fingerprint density at radius 3 is 2.75 bits per heavy atom. The summed E-state index contributed by atoms with van der Waals surface area (Å²) < 4.78 is 0. The van der Waals surface area contributed by atoms with Crippen LogP contribution in [0.1, 0.15) is 4.88 Å². The van der Waals surface area contributed by atoms with E-state index in [2.05, 4.69) is 20.2 Å². The first-order chi connectivity index (χ1) is 11.8. The van der Waals surface area contributed by atoms with E-state index in [1.165, 1.54) is 4.88 Å². The highest BCUT2D eigenvalue weighted by molar-refractivity contribution is 7.09. The fourth-order valence-corrected chi connectivity index (χ4v) is 3.54. The van der Waals surface area contributed by atoms with Crippen LogP contribution in [0.3, 0.4) is 0 Å². The summed E-state index contributed by atoms with van der Waals surface area (Å²) >= 11 is 1.66. The second-order valence-electron chi connectivity index (χ2n) is 5.79. The lowest BCUT2D eigenvalue weighted by atomic mass is 10.3. The van der Waals surface area contributed by atoms with E-state index in [1.54, 1.807) is 11.3 Å². The number of hydrogen-bond acceptors (Lipinski definition) is 4. The first-order valence-corrected chi connectivity index (χ1v) is 8.92. The number of imidazole rings is 1. The van der Waals surface area contributed by atoms with Crippen molar-refractivity contribution in [1.29, 1.82) is 0 Å². The summed E-state index contributed by atoms with van der Waals surface area (Å²) in [6, 6.07) is 12.1. The number of aromatic nitrogens is 2. The zero-order valence-corrected chi connectivity index (χ0v) is 14.1. The van der Waals surface area contributed by atoms with Crippen molar-refractivity contribution < 1.29 is 4.79 Å². The SMILES string of the molecule is O=C(NCc1cccs1)N1CCN(c2nc3ccccc3[nH]2)CC1. The van der Waals surface area contributed by atoms with Crippen molar-refractivity contribution in [3.63, 3.8) is 0 Å². The molecule has 24 heavy (non-hydrogen) atoms. The lowest BCUT2D eigenvalue weighted by Gasteiger charge is -2.34. The van der Waals surface area contributed by atoms with Gasteiger partial charge in [-0.1, -0.05) is 18.2 Å². The van der Waals surface area contributed by atoms with Crippen molar-refractivity contribution in [3.05, 3.63) is 46.7 Å². The molecule has 0 aliphatic carbocycles. The Hall–Kier alpha value is -2.54. The van der Waals surface area contributed by atoms with Crippen molar-refractivity contribution in [2.24, 2.45) is 0 Å². The van der Waals surface area contributed by atoms with Gasteiger partial charge in [-0.05, 0) is 23.6 Å². The van der Waals surface area contributed by atoms with Gasteiger partial charge in [0.25, 0.3) is 0 Å². The van der Waals surface area contributed by atoms with Crippen LogP contribution in [0.2, 0.25) is 0 Å². The second-order valence-corrected chi connectivity index (χ2v) is 6.82. The van der Waals surface area contributed by atoms with Crippen molar-refractivity contribution in [3.8, 4) is 0 Å². The van der Waals surface area contributed by atoms with Gasteiger partial charge in [-0.15, -0.1) is 11.3 Å². The molecule has 2 N–H and O–H groups in total. The molecule has 1 aromatic carbocycles. The molecular formula is C17H19N5OS. The quantitative estimate of drug-likeness (QED) is 0.770. The molecule has 0 radical (unpaired) electrons. The highest BCUT2D eigenvalue weighted by Gasteiger charge is 2.22. The molecule has 0 unspecified atom stereocenters. The monoisotopic (exact) mass is 341 g/mol. The van der Waals surface area contributed by atoms with Crippen LogP contribution in [-0.2, 0) is 6.54 Å². The van der Waals surface area contributed by atoms with Crippen LogP contribution in [0.15, 0.2) is 41.8 Å². The number of rotatable bonds is 3. The minimum absolute atomic E-state index is 0.00709. The van der Waals surface area contributed by atoms with Gasteiger partial charge in [0.15, 0.2) is 0 Å². The van der Waals surface area contributed by atoms with Gasteiger partial charge in [0.05, 0.1) is 17.6 Å². The maximum atomic E-state index is 12.3. The number of carbonyl (C=O) groups excluding carboxylic acids is 1. The van der Waals surface area contributed by atoms with Crippen LogP contribution in [0.4, 0.5) is 10.7 Å². The Balaban J connectivity index is 1.33. The highest BCUT2D eigenvalue weighted by Crippen LogP contribution is 2.18. The summed E-state index contributed by atoms with van der Waals surface area (Å²) in [5.41, 5.74) is 2.02. The first kappa shape index (κ1) is 15.0. The number of nitrogens with zero attached hydrogens (tertiary/aromatic N) is 3. The number of benzene rings is 1. The zero-order valence-electron chi connectivity index (χ0n) is 13.2. The number of aromatic amines is 1. The molecule has 4 rings (SSSR count). The number of thiophene rings is 1. The largest absolute Gasteiger partial charge is 0.339 e. The third-order valence-corrected chi connectivity index (χ3v) is 5.11. The maximum Gasteiger partial charge on any atom is 0.317 e. The average molecular weight is 341 g/mol. The molecule has 0 spiro atoms. The average Bonchev–Trinajstić information content (AvgIpc) is 3.29. The molecule has 0 bridgehead atoms. The van der Waals surface area contributed by atoms with E-state index < -0.39 is 0 Å². The van der Waals surface area contributed by atoms with Crippen LogP contribution >= 0.6 is 11.3 Å². The van der Waals surface area contributed by atoms with E-state index in [4.69, 9.17) is 0 Å². The fourth-order valence-electron chi connectivity index (χ4n) is 2.90. The van der Waals surface area contributed by atoms with E-state index in [9.17, 15) is 4.79 Å². The number of carbonyl (C=O) groups is 1. The van der Waals surface area contributed by atoms with Gasteiger partial charge in [-0.25, -0.2) is 9.78 Å². The Bertz CT molecular complexity index is 788. The maximum absolute atomic E-state index is 12.3. The predicted octanol–water partition coefficient (Wildman–Crippen LogP) is 2.66. The van der Waals surface area contributed by atoms with Gasteiger partial charge >= 0.3 is 6.03 Å². The Labute approximate surface area is 144 Å². The van der Waals surface area contributed by atoms with Crippen molar-refractivity contribution in [2.75, 3.05) is 31.1 Å². The molecule has 1 fully saturated rings. The summed E-state index contributed by atoms with van der Waals surface area (Å²) in [5.74, 6) is 0.884. The van der Waals surface area contributed by atoms with Crippen molar-refractivity contribution in [2.45, 2.75) is 6.54 Å². The topological polar surface area (TPSA) is 64.3 Å². The van der Waals surface area contributed by atoms with Gasteiger partial charge in [-0.3, -0.25) is 0 Å². The normalized spacial score (nSPS) is 15.0. The fraction of sp³-hybridized carbons (Fsp3) is 0.294. The van der Waals surface area contributed by atoms with E-state index >= 15 is 0 Å². The summed E-state index contributed by atoms with van der Waals surface area (Å²) in [4.78, 5) is 25.5. The third-order valence-electron chi connectivity index (χ3n) is 4.24. The van der Waals surface area contributed by atoms with Gasteiger partial charge in [0.1, 0.15) is 0 Å². The third kappa shape index (κ3) is 3.07. The van der Waals surface area contributed by atoms with E-state index in [0.717, 1.165) is 30.1 Å². The summed E-state index contributed by atoms with van der Waals surface area (Å²) in [7, 11) is 0. The molecule has 2 amide bonds. The number of para-hydroxylation sites is 2. The first-order valence-electron chi connectivity index (χ1n) is 8.04. The van der Waals surface area contributed by atoms with Gasteiger partial charge in [0.2, 0.25) is 5.95 Å². The smallest absolute Gasteiger partial charge is 0.317 e. The van der Waals surface area contributed by atoms with Crippen LogP contribution in [0.25, 0.3) is 11.0 Å². The predicted molar refractivity (Wildman–Crippen MR) is 96.4 cm³/mol. The van der Waals surface area contributed by atoms with E-state index in [-0.39, 0.29) is 6.03 Å². The number of piperazine rings is 1. The minimum atomic E-state index is 0.00709. The van der Waals surface area contributed by atoms with Crippen molar-refractivity contribution >= 4 is 34.3 Å². The Morgan fingerprint density at radius 1 is 1.17 bits per heavy atom. The minimum Gasteiger partial charge on any atom is -0.339 e. The zero-order chi connectivity index (χ0) is 16.4. The van der Waals surface area contributed by atoms with Crippen LogP contribution in [0, 0.1) is 0 Å². The van der Waals surface area contributed by atoms with Gasteiger partial charge in [0, 0.05) is 31.1 Å². The van der Waals surface area contributed by atoms with Gasteiger partial charge in [-0.2, -0.15) is 0 Å². The molecule has 0 atom stereocenters. The Kier molecular flexibility index (Phi) is 4.08. The molecule has 1 aliphatic heterocycles. The number of hydrogen-bond donors (Lipinski definition) is 2. The number of nitrogens with one attached hydrogen (secondary N) is 2. The molecular weight excluding hydrogens is 322 g/mol. The van der Waals surface area contributed by atoms with Crippen LogP contribution in [-0.4, -0.2) is 47.1 Å². The summed E-state index contributed by atoms with van der Waals surface area (Å²) in [6.07, 6.45) is 0. The van der Waals surface area contributed by atoms with Gasteiger partial charge < -0.3 is 20.1 Å². The summed E-state index contributed by atoms with van der Waals surface area (Å²) in [5, 5.41) is 5.01. The number of amides is 2. The number of H-pyrrole nitrogens is 1. The highest BCUT2D eigenvalue weighted by atomic mass is 32.1. The van der Waals surface area contributed by atoms with Crippen molar-refractivity contribution in [1.82, 2.24) is 20.2 Å². The van der Waals surface area contributed by atoms with Crippen LogP contribution < -0.4 is 10.2 Å². The molecule has 1 aliphatic rings. The molecule has 7 heteroatoms. The van der Waals surface area contributed by atoms with E-state index in [0.29, 0.717) is 19.6 Å². The Morgan fingerprint density at radius 2 is 2.00 bits per heavy atom. The molecule has 6 nitrogen and oxygen atoms in total. The molecule has 2 aromatic heterocycles. The van der Waals surface area contributed by atoms with E-state index in [1.807, 2.05) is 46.7 Å².